The first-order chi connectivity index (χ1) is 12.9. The Kier molecular flexibility index (Phi) is 5.78. The molecule has 2 aromatic carbocycles. The van der Waals surface area contributed by atoms with Crippen LogP contribution in [-0.2, 0) is 9.53 Å². The fourth-order valence-corrected chi connectivity index (χ4v) is 4.08. The minimum absolute atomic E-state index is 0.222. The number of halogens is 1. The van der Waals surface area contributed by atoms with Crippen LogP contribution in [0.2, 0.25) is 5.02 Å². The molecule has 0 bridgehead atoms. The van der Waals surface area contributed by atoms with Crippen molar-refractivity contribution >= 4 is 50.9 Å². The van der Waals surface area contributed by atoms with Crippen molar-refractivity contribution in [2.75, 3.05) is 0 Å². The molecule has 0 unspecified atom stereocenters. The number of rotatable bonds is 5. The lowest BCUT2D eigenvalue weighted by Crippen LogP contribution is -2.23. The van der Waals surface area contributed by atoms with E-state index in [0.717, 1.165) is 26.1 Å². The molecular weight excluding hydrogens is 380 g/mol. The van der Waals surface area contributed by atoms with Gasteiger partial charge in [-0.25, -0.2) is 4.79 Å². The van der Waals surface area contributed by atoms with Crippen molar-refractivity contribution in [2.24, 2.45) is 0 Å². The summed E-state index contributed by atoms with van der Waals surface area (Å²) >= 11 is 7.85. The van der Waals surface area contributed by atoms with Crippen molar-refractivity contribution in [1.82, 2.24) is 0 Å². The Balaban J connectivity index is 1.68. The van der Waals surface area contributed by atoms with Gasteiger partial charge in [0.05, 0.1) is 5.02 Å². The van der Waals surface area contributed by atoms with Gasteiger partial charge < -0.3 is 4.74 Å². The third-order valence-corrected chi connectivity index (χ3v) is 6.04. The second kappa shape index (κ2) is 8.07. The molecule has 3 rings (SSSR count). The number of hydrogen-bond donors (Lipinski definition) is 0. The lowest BCUT2D eigenvalue weighted by atomic mass is 10.0. The molecule has 3 aromatic rings. The number of benzene rings is 2. The topological polar surface area (TPSA) is 43.4 Å². The highest BCUT2D eigenvalue weighted by Gasteiger charge is 2.19. The lowest BCUT2D eigenvalue weighted by molar-refractivity contribution is -0.140. The smallest absolute Gasteiger partial charge is 0.331 e. The average molecular weight is 399 g/mol. The number of ether oxygens (including phenoxy) is 1. The molecule has 0 spiro atoms. The molecule has 27 heavy (non-hydrogen) atoms. The summed E-state index contributed by atoms with van der Waals surface area (Å²) in [4.78, 5) is 25.4. The lowest BCUT2D eigenvalue weighted by Gasteiger charge is -2.12. The fourth-order valence-electron chi connectivity index (χ4n) is 2.68. The summed E-state index contributed by atoms with van der Waals surface area (Å²) in [6.45, 7) is 5.51. The van der Waals surface area contributed by atoms with E-state index in [1.54, 1.807) is 19.1 Å². The van der Waals surface area contributed by atoms with Gasteiger partial charge in [-0.05, 0) is 50.1 Å². The number of fused-ring (bicyclic) bond motifs is 1. The van der Waals surface area contributed by atoms with E-state index in [9.17, 15) is 9.59 Å². The highest BCUT2D eigenvalue weighted by Crippen LogP contribution is 2.35. The molecule has 0 aliphatic carbocycles. The molecule has 138 valence electrons. The van der Waals surface area contributed by atoms with Gasteiger partial charge in [0.25, 0.3) is 0 Å². The molecule has 0 saturated heterocycles. The normalized spacial score (nSPS) is 12.4. The fraction of sp³-hybridized carbons (Fsp3) is 0.182. The molecule has 0 fully saturated rings. The number of ketones is 1. The van der Waals surface area contributed by atoms with Crippen LogP contribution >= 0.6 is 22.9 Å². The maximum atomic E-state index is 12.5. The first kappa shape index (κ1) is 19.3. The van der Waals surface area contributed by atoms with E-state index in [1.165, 1.54) is 17.4 Å². The van der Waals surface area contributed by atoms with E-state index in [2.05, 4.69) is 0 Å². The van der Waals surface area contributed by atoms with Crippen LogP contribution in [0.4, 0.5) is 0 Å². The third-order valence-electron chi connectivity index (χ3n) is 4.38. The van der Waals surface area contributed by atoms with Crippen LogP contribution in [0, 0.1) is 13.8 Å². The van der Waals surface area contributed by atoms with Crippen molar-refractivity contribution in [1.29, 1.82) is 0 Å². The van der Waals surface area contributed by atoms with Gasteiger partial charge in [-0.3, -0.25) is 4.79 Å². The molecule has 3 nitrogen and oxygen atoms in total. The molecule has 1 aromatic heterocycles. The largest absolute Gasteiger partial charge is 0.451 e. The predicted octanol–water partition coefficient (Wildman–Crippen LogP) is 6.00. The number of esters is 1. The van der Waals surface area contributed by atoms with E-state index >= 15 is 0 Å². The maximum Gasteiger partial charge on any atom is 0.331 e. The van der Waals surface area contributed by atoms with Crippen LogP contribution in [0.5, 0.6) is 0 Å². The highest BCUT2D eigenvalue weighted by molar-refractivity contribution is 7.20. The minimum Gasteiger partial charge on any atom is -0.451 e. The van der Waals surface area contributed by atoms with Gasteiger partial charge in [-0.1, -0.05) is 41.9 Å². The van der Waals surface area contributed by atoms with E-state index < -0.39 is 12.1 Å². The van der Waals surface area contributed by atoms with Crippen molar-refractivity contribution in [3.8, 4) is 0 Å². The third kappa shape index (κ3) is 4.29. The molecule has 0 N–H and O–H groups in total. The van der Waals surface area contributed by atoms with Crippen LogP contribution in [0.15, 0.2) is 48.5 Å². The second-order valence-electron chi connectivity index (χ2n) is 6.35. The molecule has 1 atom stereocenters. The number of aryl methyl sites for hydroxylation is 2. The van der Waals surface area contributed by atoms with E-state index in [-0.39, 0.29) is 5.78 Å². The SMILES string of the molecule is Cc1ccc(C(=O)[C@@H](C)OC(=O)/C=C/c2sc3ccccc3c2Cl)cc1C. The number of carbonyl (C=O) groups is 2. The number of carbonyl (C=O) groups excluding carboxylic acids is 2. The Morgan fingerprint density at radius 3 is 2.56 bits per heavy atom. The second-order valence-corrected chi connectivity index (χ2v) is 7.81. The van der Waals surface area contributed by atoms with Gasteiger partial charge in [0, 0.05) is 26.6 Å². The van der Waals surface area contributed by atoms with E-state index in [0.29, 0.717) is 10.6 Å². The molecule has 1 heterocycles. The summed E-state index contributed by atoms with van der Waals surface area (Å²) in [5.74, 6) is -0.798. The molecule has 0 aliphatic rings. The summed E-state index contributed by atoms with van der Waals surface area (Å²) in [7, 11) is 0. The van der Waals surface area contributed by atoms with Gasteiger partial charge >= 0.3 is 5.97 Å². The Hall–Kier alpha value is -2.43. The quantitative estimate of drug-likeness (QED) is 0.301. The van der Waals surface area contributed by atoms with Gasteiger partial charge in [0.1, 0.15) is 0 Å². The molecule has 5 heteroatoms. The summed E-state index contributed by atoms with van der Waals surface area (Å²) in [6.07, 6.45) is 2.07. The van der Waals surface area contributed by atoms with Crippen LogP contribution in [-0.4, -0.2) is 17.9 Å². The Bertz CT molecular complexity index is 1050. The zero-order chi connectivity index (χ0) is 19.6. The summed E-state index contributed by atoms with van der Waals surface area (Å²) in [5, 5.41) is 1.56. The van der Waals surface area contributed by atoms with Gasteiger partial charge in [-0.15, -0.1) is 11.3 Å². The van der Waals surface area contributed by atoms with Crippen molar-refractivity contribution in [2.45, 2.75) is 26.9 Å². The Labute approximate surface area is 167 Å². The first-order valence-electron chi connectivity index (χ1n) is 8.54. The standard InChI is InChI=1S/C22H19ClO3S/c1-13-8-9-16(12-14(13)2)22(25)15(3)26-20(24)11-10-19-21(23)17-6-4-5-7-18(17)27-19/h4-12,15H,1-3H3/b11-10+/t15-/m1/s1. The van der Waals surface area contributed by atoms with Gasteiger partial charge in [-0.2, -0.15) is 0 Å². The molecular formula is C22H19ClO3S. The maximum absolute atomic E-state index is 12.5. The number of hydrogen-bond acceptors (Lipinski definition) is 4. The van der Waals surface area contributed by atoms with E-state index in [4.69, 9.17) is 16.3 Å². The zero-order valence-electron chi connectivity index (χ0n) is 15.3. The van der Waals surface area contributed by atoms with Crippen molar-refractivity contribution in [3.63, 3.8) is 0 Å². The summed E-state index contributed by atoms with van der Waals surface area (Å²) in [6, 6.07) is 13.2. The van der Waals surface area contributed by atoms with Gasteiger partial charge in [0.15, 0.2) is 6.10 Å². The molecule has 0 radical (unpaired) electrons. The Morgan fingerprint density at radius 1 is 1.11 bits per heavy atom. The van der Waals surface area contributed by atoms with Crippen LogP contribution in [0.3, 0.4) is 0 Å². The monoisotopic (exact) mass is 398 g/mol. The minimum atomic E-state index is -0.859. The molecule has 0 saturated carbocycles. The van der Waals surface area contributed by atoms with Crippen LogP contribution < -0.4 is 0 Å². The highest BCUT2D eigenvalue weighted by atomic mass is 35.5. The van der Waals surface area contributed by atoms with E-state index in [1.807, 2.05) is 50.2 Å². The number of Topliss-reactive ketones (excluding diaryl/α,β-unsaturated/α-hetero) is 1. The Morgan fingerprint density at radius 2 is 1.85 bits per heavy atom. The molecule has 0 amide bonds. The van der Waals surface area contributed by atoms with Crippen molar-refractivity contribution < 1.29 is 14.3 Å². The predicted molar refractivity (Wildman–Crippen MR) is 112 cm³/mol. The van der Waals surface area contributed by atoms with Crippen LogP contribution in [0.1, 0.15) is 33.3 Å². The van der Waals surface area contributed by atoms with Crippen LogP contribution in [0.25, 0.3) is 16.2 Å². The average Bonchev–Trinajstić information content (AvgIpc) is 2.98. The molecule has 0 aliphatic heterocycles. The van der Waals surface area contributed by atoms with Crippen molar-refractivity contribution in [3.05, 3.63) is 75.1 Å². The summed E-state index contributed by atoms with van der Waals surface area (Å²) < 4.78 is 6.31. The zero-order valence-corrected chi connectivity index (χ0v) is 16.9. The summed E-state index contributed by atoms with van der Waals surface area (Å²) in [5.41, 5.74) is 2.67. The van der Waals surface area contributed by atoms with Gasteiger partial charge in [0.2, 0.25) is 5.78 Å². The first-order valence-corrected chi connectivity index (χ1v) is 9.73. The number of thiophene rings is 1.